The van der Waals surface area contributed by atoms with E-state index in [-0.39, 0.29) is 0 Å². The predicted octanol–water partition coefficient (Wildman–Crippen LogP) is 33.8. The Labute approximate surface area is 862 Å². The third-order valence-electron chi connectivity index (χ3n) is 29.0. The second-order valence-corrected chi connectivity index (χ2v) is 37.8. The molecule has 0 aliphatic heterocycles. The van der Waals surface area contributed by atoms with Gasteiger partial charge in [0.15, 0.2) is 17.5 Å². The molecule has 0 spiro atoms. The summed E-state index contributed by atoms with van der Waals surface area (Å²) in [5.41, 5.74) is 37.4. The van der Waals surface area contributed by atoms with Crippen molar-refractivity contribution in [1.29, 1.82) is 0 Å². The fourth-order valence-corrected chi connectivity index (χ4v) is 22.0. The Kier molecular flexibility index (Phi) is 21.6. The molecule has 0 fully saturated rings. The highest BCUT2D eigenvalue weighted by atomic mass is 15.2. The van der Waals surface area contributed by atoms with Gasteiger partial charge in [-0.1, -0.05) is 334 Å². The molecule has 30 rings (SSSR count). The summed E-state index contributed by atoms with van der Waals surface area (Å²) in [6, 6.07) is 181. The Morgan fingerprint density at radius 2 is 0.393 bits per heavy atom. The molecular weight excluding hydrogens is 1830 g/mol. The fraction of sp³-hybridized carbons (Fsp3) is 0. The number of fused-ring (bicyclic) bond motifs is 18. The quantitative estimate of drug-likeness (QED) is 0.0991. The van der Waals surface area contributed by atoms with Crippen molar-refractivity contribution < 1.29 is 0 Å². The van der Waals surface area contributed by atoms with E-state index in [1.54, 1.807) is 0 Å². The number of aromatic nitrogens is 14. The minimum absolute atomic E-state index is 0.581. The first-order valence-corrected chi connectivity index (χ1v) is 50.5. The summed E-state index contributed by atoms with van der Waals surface area (Å²) in [6.07, 6.45) is 5.65. The number of pyridine rings is 3. The Bertz CT molecular complexity index is 9930. The van der Waals surface area contributed by atoms with Crippen molar-refractivity contribution in [2.24, 2.45) is 0 Å². The van der Waals surface area contributed by atoms with Gasteiger partial charge in [0.05, 0.1) is 88.4 Å². The second-order valence-electron chi connectivity index (χ2n) is 37.8. The fourth-order valence-electron chi connectivity index (χ4n) is 22.0. The molecule has 0 atom stereocenters. The molecular formula is C136H88N14. The first-order valence-electron chi connectivity index (χ1n) is 50.5. The average molecular weight is 1920 g/mol. The van der Waals surface area contributed by atoms with E-state index in [2.05, 4.69) is 422 Å². The number of rotatable bonds is 15. The lowest BCUT2D eigenvalue weighted by Crippen LogP contribution is -2.06. The highest BCUT2D eigenvalue weighted by Gasteiger charge is 2.26. The van der Waals surface area contributed by atoms with Gasteiger partial charge in [0, 0.05) is 118 Å². The molecule has 0 N–H and O–H groups in total. The summed E-state index contributed by atoms with van der Waals surface area (Å²) < 4.78 is 13.8. The molecule has 0 saturated carbocycles. The van der Waals surface area contributed by atoms with Gasteiger partial charge in [-0.3, -0.25) is 24.1 Å². The van der Waals surface area contributed by atoms with Crippen LogP contribution in [0.25, 0.3) is 267 Å². The minimum Gasteiger partial charge on any atom is -0.309 e. The van der Waals surface area contributed by atoms with Crippen LogP contribution in [0.4, 0.5) is 0 Å². The molecule has 11 aromatic heterocycles. The molecule has 0 saturated heterocycles. The van der Waals surface area contributed by atoms with Gasteiger partial charge in [-0.2, -0.15) is 9.97 Å². The normalized spacial score (nSPS) is 11.6. The summed E-state index contributed by atoms with van der Waals surface area (Å²) in [5, 5.41) is 10.5. The lowest BCUT2D eigenvalue weighted by Gasteiger charge is -2.12. The topological polar surface area (TPSA) is 133 Å². The van der Waals surface area contributed by atoms with Crippen LogP contribution in [0.1, 0.15) is 0 Å². The Balaban J connectivity index is 0.000000108. The van der Waals surface area contributed by atoms with Crippen molar-refractivity contribution in [3.8, 4) is 136 Å². The average Bonchev–Trinajstić information content (AvgIpc) is 1.58. The van der Waals surface area contributed by atoms with Crippen molar-refractivity contribution in [3.05, 3.63) is 534 Å². The molecule has 14 nitrogen and oxygen atoms in total. The number of nitrogens with zero attached hydrogens (tertiary/aromatic N) is 14. The van der Waals surface area contributed by atoms with Crippen LogP contribution in [0.15, 0.2) is 534 Å². The van der Waals surface area contributed by atoms with Gasteiger partial charge >= 0.3 is 0 Å². The van der Waals surface area contributed by atoms with Gasteiger partial charge in [0.2, 0.25) is 5.95 Å². The Morgan fingerprint density at radius 1 is 0.133 bits per heavy atom. The van der Waals surface area contributed by atoms with Gasteiger partial charge in [-0.15, -0.1) is 0 Å². The van der Waals surface area contributed by atoms with Crippen LogP contribution in [-0.4, -0.2) is 67.3 Å². The summed E-state index contributed by atoms with van der Waals surface area (Å²) in [5.74, 6) is 3.37. The van der Waals surface area contributed by atoms with Crippen molar-refractivity contribution in [2.75, 3.05) is 0 Å². The van der Waals surface area contributed by atoms with Gasteiger partial charge in [-0.05, 0) is 232 Å². The Hall–Kier alpha value is -20.5. The second kappa shape index (κ2) is 37.0. The highest BCUT2D eigenvalue weighted by molar-refractivity contribution is 6.16. The predicted molar refractivity (Wildman–Crippen MR) is 617 cm³/mol. The SMILES string of the molecule is c1ccc(-c2cc(-n3c4ccccc4c4cc(-c5ccc6c(c5)c5ncccc5n6-c5ccccc5)ccc43)nc(-c3ccccc3)n2)cc1.c1ccc(-c2ccc(-n3c4ccc(-c5ccc6c(c5)c5ccccc5n6-c5cccc(-c6ccccc6)c5)cc4c4ncccc43)cc2)cc1.c1ccc(-c2nc(-c3ccccc3)nc(-n3c4ccccc4c4cc(-c5ccc6c(c5)c5ncccc5n6-c5ccccc5)ccc43)n2)cc1. The van der Waals surface area contributed by atoms with E-state index in [1.807, 2.05) is 140 Å². The molecule has 14 heteroatoms. The minimum atomic E-state index is 0.581. The third kappa shape index (κ3) is 15.4. The van der Waals surface area contributed by atoms with E-state index in [0.717, 1.165) is 177 Å². The summed E-state index contributed by atoms with van der Waals surface area (Å²) >= 11 is 0. The zero-order chi connectivity index (χ0) is 99.1. The van der Waals surface area contributed by atoms with Crippen molar-refractivity contribution >= 4 is 131 Å². The standard InChI is InChI=1S/C47H31N3.C45H29N5.C44H28N6/c1-3-11-32(12-4-1)34-20-24-38(25-21-34)49-45-27-23-37(31-42(45)47-46(49)19-10-28-48-47)36-22-26-44-41(30-36)40-17-7-8-18-43(40)50(44)39-16-9-15-35(29-39)33-13-5-2-6-14-33;1-4-13-30(14-5-1)38-29-43(48-45(47-38)31-15-6-2-7-16-31)50-39-20-11-10-19-35(39)36-27-32(22-24-40(36)50)33-23-25-41-37(28-33)44-42(21-12-26-46-44)49(41)34-17-8-3-9-18-34;1-4-13-29(14-5-1)42-46-43(30-15-6-2-7-16-30)48-44(47-42)50-37-20-11-10-19-34(37)35-27-31(22-24-38(35)50)32-23-25-39-36(28-32)41-40(21-12-26-45-41)49(39)33-17-8-3-9-18-33/h1-31H;1-29H;1-28H. The monoisotopic (exact) mass is 1920 g/mol. The van der Waals surface area contributed by atoms with Crippen LogP contribution in [0.3, 0.4) is 0 Å². The van der Waals surface area contributed by atoms with Crippen LogP contribution in [-0.2, 0) is 0 Å². The smallest absolute Gasteiger partial charge is 0.238 e. The molecule has 0 aliphatic carbocycles. The first-order chi connectivity index (χ1) is 74.4. The zero-order valence-electron chi connectivity index (χ0n) is 81.1. The number of benzene rings is 19. The molecule has 30 aromatic rings. The summed E-state index contributed by atoms with van der Waals surface area (Å²) in [6.45, 7) is 0. The molecule has 702 valence electrons. The molecule has 0 unspecified atom stereocenters. The summed E-state index contributed by atoms with van der Waals surface area (Å²) in [4.78, 5) is 39.9. The van der Waals surface area contributed by atoms with Crippen LogP contribution in [0, 0.1) is 0 Å². The van der Waals surface area contributed by atoms with Crippen molar-refractivity contribution in [3.63, 3.8) is 0 Å². The molecule has 0 bridgehead atoms. The van der Waals surface area contributed by atoms with E-state index in [4.69, 9.17) is 39.9 Å². The first kappa shape index (κ1) is 87.3. The van der Waals surface area contributed by atoms with E-state index in [0.29, 0.717) is 23.4 Å². The van der Waals surface area contributed by atoms with Gasteiger partial charge in [0.25, 0.3) is 0 Å². The van der Waals surface area contributed by atoms with Gasteiger partial charge in [-0.25, -0.2) is 15.0 Å². The maximum Gasteiger partial charge on any atom is 0.238 e. The zero-order valence-corrected chi connectivity index (χ0v) is 81.1. The molecule has 19 aromatic carbocycles. The number of para-hydroxylation sites is 5. The summed E-state index contributed by atoms with van der Waals surface area (Å²) in [7, 11) is 0. The third-order valence-corrected chi connectivity index (χ3v) is 29.0. The molecule has 150 heavy (non-hydrogen) atoms. The highest BCUT2D eigenvalue weighted by Crippen LogP contribution is 2.45. The van der Waals surface area contributed by atoms with Gasteiger partial charge < -0.3 is 18.3 Å². The maximum absolute atomic E-state index is 5.19. The van der Waals surface area contributed by atoms with Crippen LogP contribution in [0.2, 0.25) is 0 Å². The van der Waals surface area contributed by atoms with Crippen LogP contribution >= 0.6 is 0 Å². The van der Waals surface area contributed by atoms with E-state index >= 15 is 0 Å². The number of hydrogen-bond donors (Lipinski definition) is 0. The van der Waals surface area contributed by atoms with Crippen LogP contribution < -0.4 is 0 Å². The van der Waals surface area contributed by atoms with Crippen molar-refractivity contribution in [2.45, 2.75) is 0 Å². The molecule has 0 aliphatic rings. The molecule has 11 heterocycles. The Morgan fingerprint density at radius 3 is 0.800 bits per heavy atom. The van der Waals surface area contributed by atoms with E-state index in [1.165, 1.54) is 66.0 Å². The largest absolute Gasteiger partial charge is 0.309 e. The van der Waals surface area contributed by atoms with E-state index in [9.17, 15) is 0 Å². The lowest BCUT2D eigenvalue weighted by molar-refractivity contribution is 0.953. The molecule has 0 radical (unpaired) electrons. The van der Waals surface area contributed by atoms with Crippen LogP contribution in [0.5, 0.6) is 0 Å². The lowest BCUT2D eigenvalue weighted by atomic mass is 10.0. The van der Waals surface area contributed by atoms with E-state index < -0.39 is 0 Å². The van der Waals surface area contributed by atoms with Gasteiger partial charge in [0.1, 0.15) is 5.82 Å². The van der Waals surface area contributed by atoms with Crippen molar-refractivity contribution in [1.82, 2.24) is 67.3 Å². The maximum atomic E-state index is 5.19. The number of hydrogen-bond acceptors (Lipinski definition) is 8. The molecule has 0 amide bonds.